The SMILES string of the molecule is CC.CC1CC(C)C(C)C1C.CN[C@H](c1ccccc1)[C@H](NC)c1ccccc1.C[N-][C@H](c1ccccc1)[C@H]([N-]C)c1ccccc1.O.O.O=S(=O)(O)O.[CH3-].[Ir+3]. The summed E-state index contributed by atoms with van der Waals surface area (Å²) in [5, 5.41) is 15.8. The van der Waals surface area contributed by atoms with Crippen LogP contribution < -0.4 is 10.6 Å². The van der Waals surface area contributed by atoms with E-state index in [0.717, 1.165) is 23.7 Å². The van der Waals surface area contributed by atoms with Crippen LogP contribution in [0, 0.1) is 31.1 Å². The molecular formula is C44H71IrN4O6S. The van der Waals surface area contributed by atoms with Gasteiger partial charge in [-0.2, -0.15) is 22.5 Å². The van der Waals surface area contributed by atoms with Crippen LogP contribution in [0.3, 0.4) is 0 Å². The van der Waals surface area contributed by atoms with Gasteiger partial charge in [0.25, 0.3) is 0 Å². The van der Waals surface area contributed by atoms with E-state index in [9.17, 15) is 0 Å². The van der Waals surface area contributed by atoms with Gasteiger partial charge in [0.05, 0.1) is 12.1 Å². The maximum Gasteiger partial charge on any atom is 3.00 e. The number of nitrogens with zero attached hydrogens (tertiary/aromatic N) is 2. The molecule has 4 aromatic carbocycles. The Morgan fingerprint density at radius 3 is 0.929 bits per heavy atom. The molecule has 0 radical (unpaired) electrons. The van der Waals surface area contributed by atoms with Crippen LogP contribution in [-0.4, -0.2) is 56.7 Å². The molecule has 0 amide bonds. The minimum Gasteiger partial charge on any atom is -0.659 e. The fourth-order valence-corrected chi connectivity index (χ4v) is 6.67. The van der Waals surface area contributed by atoms with Gasteiger partial charge >= 0.3 is 30.5 Å². The molecule has 0 saturated heterocycles. The Bertz CT molecular complexity index is 1360. The molecule has 1 aliphatic carbocycles. The van der Waals surface area contributed by atoms with Crippen molar-refractivity contribution in [2.75, 3.05) is 28.2 Å². The topological polar surface area (TPSA) is 190 Å². The first-order valence-corrected chi connectivity index (χ1v) is 19.7. The first kappa shape index (κ1) is 59.8. The number of likely N-dealkylation sites (N-methyl/N-ethyl adjacent to an activating group) is 4. The van der Waals surface area contributed by atoms with Gasteiger partial charge in [-0.3, -0.25) is 9.11 Å². The first-order valence-electron chi connectivity index (χ1n) is 18.3. The number of hydrogen-bond donors (Lipinski definition) is 4. The number of hydrogen-bond acceptors (Lipinski definition) is 4. The molecule has 1 aliphatic rings. The van der Waals surface area contributed by atoms with Crippen molar-refractivity contribution in [1.82, 2.24) is 10.6 Å². The normalized spacial score (nSPS) is 18.6. The van der Waals surface area contributed by atoms with Crippen LogP contribution in [0.2, 0.25) is 0 Å². The molecular weight excluding hydrogens is 905 g/mol. The molecule has 0 heterocycles. The minimum atomic E-state index is -4.67. The molecule has 5 rings (SSSR count). The standard InChI is InChI=1S/C16H20N2.C16H18N2.C9H18.C2H6.CH3.Ir.H2O4S.2H2O/c2*1-17-15(13-9-5-3-6-10-13)16(18-2)14-11-7-4-8-12-14;1-6-5-7(2)9(4)8(6)3;1-2;;;1-5(2,3)4;;/h3-12,15-18H,1-2H3;3-12,15-16H,1-2H3;6-9H,5H2,1-4H3;1-2H3;1H3;;(H2,1,2,3,4);2*1H2/q;-2;;;-1;+3;;;/t2*15-,16-;;;;;;;/m11......./s1. The second kappa shape index (κ2) is 33.2. The molecule has 0 aromatic heterocycles. The maximum atomic E-state index is 8.74. The molecule has 0 bridgehead atoms. The third-order valence-corrected chi connectivity index (χ3v) is 9.78. The Kier molecular flexibility index (Phi) is 35.4. The molecule has 4 unspecified atom stereocenters. The fraction of sp³-hybridized carbons (Fsp3) is 0.432. The van der Waals surface area contributed by atoms with E-state index in [2.05, 4.69) is 122 Å². The van der Waals surface area contributed by atoms with Crippen molar-refractivity contribution in [3.63, 3.8) is 0 Å². The predicted octanol–water partition coefficient (Wildman–Crippen LogP) is 9.49. The van der Waals surface area contributed by atoms with Crippen molar-refractivity contribution in [1.29, 1.82) is 0 Å². The van der Waals surface area contributed by atoms with Gasteiger partial charge in [0, 0.05) is 0 Å². The van der Waals surface area contributed by atoms with E-state index in [1.54, 1.807) is 0 Å². The Hall–Kier alpha value is -2.84. The summed E-state index contributed by atoms with van der Waals surface area (Å²) in [6.45, 7) is 13.5. The number of rotatable bonds is 10. The van der Waals surface area contributed by atoms with Crippen LogP contribution in [0.1, 0.15) is 94.4 Å². The van der Waals surface area contributed by atoms with E-state index >= 15 is 0 Å². The Morgan fingerprint density at radius 2 is 0.768 bits per heavy atom. The van der Waals surface area contributed by atoms with Crippen LogP contribution in [-0.2, 0) is 30.5 Å². The predicted molar refractivity (Wildman–Crippen MR) is 234 cm³/mol. The molecule has 10 nitrogen and oxygen atoms in total. The van der Waals surface area contributed by atoms with Gasteiger partial charge in [0.15, 0.2) is 0 Å². The van der Waals surface area contributed by atoms with Crippen LogP contribution in [0.25, 0.3) is 10.6 Å². The van der Waals surface area contributed by atoms with E-state index in [1.807, 2.05) is 90.6 Å². The van der Waals surface area contributed by atoms with E-state index in [0.29, 0.717) is 0 Å². The fourth-order valence-electron chi connectivity index (χ4n) is 6.67. The second-order valence-corrected chi connectivity index (χ2v) is 13.8. The van der Waals surface area contributed by atoms with Crippen molar-refractivity contribution in [3.8, 4) is 0 Å². The van der Waals surface area contributed by atoms with Gasteiger partial charge < -0.3 is 39.6 Å². The average Bonchev–Trinajstić information content (AvgIpc) is 3.39. The average molecular weight is 976 g/mol. The van der Waals surface area contributed by atoms with Gasteiger partial charge in [-0.1, -0.05) is 174 Å². The third-order valence-electron chi connectivity index (χ3n) is 9.78. The molecule has 12 heteroatoms. The first-order chi connectivity index (χ1) is 24.9. The van der Waals surface area contributed by atoms with Gasteiger partial charge in [0.2, 0.25) is 0 Å². The molecule has 318 valence electrons. The summed E-state index contributed by atoms with van der Waals surface area (Å²) in [7, 11) is 3.06. The van der Waals surface area contributed by atoms with E-state index in [1.165, 1.54) is 28.7 Å². The van der Waals surface area contributed by atoms with Crippen LogP contribution in [0.5, 0.6) is 0 Å². The molecule has 8 atom stereocenters. The van der Waals surface area contributed by atoms with Crippen molar-refractivity contribution < 1.29 is 48.6 Å². The summed E-state index contributed by atoms with van der Waals surface area (Å²) in [6.07, 6.45) is 1.45. The summed E-state index contributed by atoms with van der Waals surface area (Å²) in [6, 6.07) is 42.4. The van der Waals surface area contributed by atoms with Crippen LogP contribution in [0.15, 0.2) is 121 Å². The minimum absolute atomic E-state index is 0. The van der Waals surface area contributed by atoms with Crippen molar-refractivity contribution in [3.05, 3.63) is 162 Å². The zero-order chi connectivity index (χ0) is 39.1. The molecule has 8 N–H and O–H groups in total. The molecule has 56 heavy (non-hydrogen) atoms. The molecule has 4 aromatic rings. The van der Waals surface area contributed by atoms with Crippen LogP contribution >= 0.6 is 0 Å². The van der Waals surface area contributed by atoms with E-state index in [4.69, 9.17) is 17.5 Å². The zero-order valence-corrected chi connectivity index (χ0v) is 38.4. The molecule has 1 fully saturated rings. The molecule has 0 spiro atoms. The summed E-state index contributed by atoms with van der Waals surface area (Å²) in [5.74, 6) is 3.85. The molecule has 0 aliphatic heterocycles. The summed E-state index contributed by atoms with van der Waals surface area (Å²) in [5.41, 5.74) is 5.00. The summed E-state index contributed by atoms with van der Waals surface area (Å²) >= 11 is 0. The van der Waals surface area contributed by atoms with Gasteiger partial charge in [-0.25, -0.2) is 0 Å². The van der Waals surface area contributed by atoms with E-state index < -0.39 is 10.4 Å². The van der Waals surface area contributed by atoms with Crippen molar-refractivity contribution in [2.45, 2.75) is 72.1 Å². The van der Waals surface area contributed by atoms with Gasteiger partial charge in [-0.15, -0.1) is 12.1 Å². The Balaban J connectivity index is -0.000000335. The zero-order valence-electron chi connectivity index (χ0n) is 35.2. The van der Waals surface area contributed by atoms with Crippen molar-refractivity contribution >= 4 is 10.4 Å². The van der Waals surface area contributed by atoms with Crippen molar-refractivity contribution in [2.24, 2.45) is 23.7 Å². The number of nitrogens with one attached hydrogen (secondary N) is 2. The summed E-state index contributed by atoms with van der Waals surface area (Å²) in [4.78, 5) is 0. The van der Waals surface area contributed by atoms with Gasteiger partial charge in [0.1, 0.15) is 0 Å². The summed E-state index contributed by atoms with van der Waals surface area (Å²) < 4.78 is 31.6. The van der Waals surface area contributed by atoms with Gasteiger partial charge in [-0.05, 0) is 55.3 Å². The largest absolute Gasteiger partial charge is 3.00 e. The smallest absolute Gasteiger partial charge is 0.659 e. The molecule has 1 saturated carbocycles. The van der Waals surface area contributed by atoms with E-state index in [-0.39, 0.29) is 62.7 Å². The third kappa shape index (κ3) is 21.6. The Morgan fingerprint density at radius 1 is 0.554 bits per heavy atom. The quantitative estimate of drug-likeness (QED) is 0.0904. The second-order valence-electron chi connectivity index (χ2n) is 12.9. The maximum absolute atomic E-state index is 8.74. The number of benzene rings is 4. The Labute approximate surface area is 353 Å². The van der Waals surface area contributed by atoms with Crippen LogP contribution in [0.4, 0.5) is 0 Å². The monoisotopic (exact) mass is 976 g/mol.